The highest BCUT2D eigenvalue weighted by atomic mass is 16.7. The fourth-order valence-corrected chi connectivity index (χ4v) is 2.43. The van der Waals surface area contributed by atoms with Gasteiger partial charge in [0.05, 0.1) is 11.6 Å². The Bertz CT molecular complexity index is 211. The van der Waals surface area contributed by atoms with Crippen molar-refractivity contribution in [2.24, 2.45) is 5.92 Å². The van der Waals surface area contributed by atoms with Gasteiger partial charge in [-0.1, -0.05) is 6.92 Å². The second-order valence-corrected chi connectivity index (χ2v) is 5.42. The van der Waals surface area contributed by atoms with Crippen LogP contribution in [0.5, 0.6) is 0 Å². The van der Waals surface area contributed by atoms with Gasteiger partial charge in [0.1, 0.15) is 0 Å². The molecule has 0 aromatic carbocycles. The molecular formula is C13H27NO3. The zero-order valence-corrected chi connectivity index (χ0v) is 11.5. The fraction of sp³-hybridized carbons (Fsp3) is 1.00. The molecule has 17 heavy (non-hydrogen) atoms. The number of aliphatic hydroxyl groups is 1. The first-order chi connectivity index (χ1) is 8.00. The smallest absolute Gasteiger partial charge is 0.171 e. The summed E-state index contributed by atoms with van der Waals surface area (Å²) in [5, 5.41) is 13.7. The van der Waals surface area contributed by atoms with Gasteiger partial charge in [-0.05, 0) is 38.5 Å². The van der Waals surface area contributed by atoms with Gasteiger partial charge in [0.25, 0.3) is 0 Å². The van der Waals surface area contributed by atoms with E-state index in [0.717, 1.165) is 31.6 Å². The van der Waals surface area contributed by atoms with E-state index in [1.807, 2.05) is 6.92 Å². The summed E-state index contributed by atoms with van der Waals surface area (Å²) in [4.78, 5) is 0. The maximum Gasteiger partial charge on any atom is 0.171 e. The second-order valence-electron chi connectivity index (χ2n) is 5.42. The molecule has 1 aliphatic rings. The Balaban J connectivity index is 2.34. The van der Waals surface area contributed by atoms with Gasteiger partial charge in [0.15, 0.2) is 6.29 Å². The largest absolute Gasteiger partial charge is 0.389 e. The van der Waals surface area contributed by atoms with Crippen LogP contribution in [-0.2, 0) is 9.47 Å². The Morgan fingerprint density at radius 3 is 2.29 bits per heavy atom. The molecule has 0 radical (unpaired) electrons. The minimum absolute atomic E-state index is 0.0772. The monoisotopic (exact) mass is 245 g/mol. The molecule has 1 atom stereocenters. The highest BCUT2D eigenvalue weighted by Gasteiger charge is 2.32. The SMILES string of the molecule is COC(OC)C(C)NCC1(O)CCC(C)CC1. The minimum atomic E-state index is -0.549. The molecule has 2 N–H and O–H groups in total. The summed E-state index contributed by atoms with van der Waals surface area (Å²) in [7, 11) is 3.26. The molecule has 0 amide bonds. The highest BCUT2D eigenvalue weighted by molar-refractivity contribution is 4.87. The van der Waals surface area contributed by atoms with E-state index in [2.05, 4.69) is 12.2 Å². The Morgan fingerprint density at radius 2 is 1.82 bits per heavy atom. The Morgan fingerprint density at radius 1 is 1.29 bits per heavy atom. The predicted octanol–water partition coefficient (Wildman–Crippen LogP) is 1.52. The van der Waals surface area contributed by atoms with Crippen molar-refractivity contribution in [3.8, 4) is 0 Å². The van der Waals surface area contributed by atoms with Crippen LogP contribution in [0, 0.1) is 5.92 Å². The minimum Gasteiger partial charge on any atom is -0.389 e. The number of ether oxygens (including phenoxy) is 2. The summed E-state index contributed by atoms with van der Waals surface area (Å²) >= 11 is 0. The average molecular weight is 245 g/mol. The lowest BCUT2D eigenvalue weighted by Gasteiger charge is -2.36. The molecule has 4 nitrogen and oxygen atoms in total. The van der Waals surface area contributed by atoms with Crippen LogP contribution in [0.2, 0.25) is 0 Å². The maximum absolute atomic E-state index is 10.4. The van der Waals surface area contributed by atoms with Crippen LogP contribution in [0.25, 0.3) is 0 Å². The van der Waals surface area contributed by atoms with E-state index in [1.54, 1.807) is 14.2 Å². The van der Waals surface area contributed by atoms with E-state index in [0.29, 0.717) is 6.54 Å². The maximum atomic E-state index is 10.4. The second kappa shape index (κ2) is 6.69. The Labute approximate surface area is 105 Å². The molecular weight excluding hydrogens is 218 g/mol. The quantitative estimate of drug-likeness (QED) is 0.697. The Hall–Kier alpha value is -0.160. The van der Waals surface area contributed by atoms with Crippen LogP contribution in [0.3, 0.4) is 0 Å². The molecule has 4 heteroatoms. The van der Waals surface area contributed by atoms with E-state index < -0.39 is 5.60 Å². The fourth-order valence-electron chi connectivity index (χ4n) is 2.43. The molecule has 1 aliphatic carbocycles. The van der Waals surface area contributed by atoms with Gasteiger partial charge in [-0.3, -0.25) is 0 Å². The zero-order valence-electron chi connectivity index (χ0n) is 11.5. The van der Waals surface area contributed by atoms with Crippen molar-refractivity contribution in [1.29, 1.82) is 0 Å². The number of methoxy groups -OCH3 is 2. The van der Waals surface area contributed by atoms with Crippen LogP contribution in [0.4, 0.5) is 0 Å². The highest BCUT2D eigenvalue weighted by Crippen LogP contribution is 2.31. The number of hydrogen-bond acceptors (Lipinski definition) is 4. The summed E-state index contributed by atoms with van der Waals surface area (Å²) in [6, 6.07) is 0.0772. The van der Waals surface area contributed by atoms with Gasteiger partial charge < -0.3 is 19.9 Å². The lowest BCUT2D eigenvalue weighted by molar-refractivity contribution is -0.122. The molecule has 0 aliphatic heterocycles. The van der Waals surface area contributed by atoms with Gasteiger partial charge in [-0.2, -0.15) is 0 Å². The third kappa shape index (κ3) is 4.54. The number of rotatable bonds is 6. The number of hydrogen-bond donors (Lipinski definition) is 2. The molecule has 0 bridgehead atoms. The molecule has 1 fully saturated rings. The Kier molecular flexibility index (Phi) is 5.86. The van der Waals surface area contributed by atoms with E-state index >= 15 is 0 Å². The normalized spacial score (nSPS) is 31.8. The van der Waals surface area contributed by atoms with E-state index in [-0.39, 0.29) is 12.3 Å². The molecule has 0 spiro atoms. The summed E-state index contributed by atoms with van der Waals surface area (Å²) < 4.78 is 10.4. The molecule has 0 saturated heterocycles. The van der Waals surface area contributed by atoms with Crippen molar-refractivity contribution in [2.75, 3.05) is 20.8 Å². The van der Waals surface area contributed by atoms with Crippen molar-refractivity contribution in [2.45, 2.75) is 57.5 Å². The first-order valence-corrected chi connectivity index (χ1v) is 6.52. The first-order valence-electron chi connectivity index (χ1n) is 6.52. The lowest BCUT2D eigenvalue weighted by atomic mass is 9.79. The summed E-state index contributed by atoms with van der Waals surface area (Å²) in [6.07, 6.45) is 3.74. The van der Waals surface area contributed by atoms with E-state index in [1.165, 1.54) is 0 Å². The zero-order chi connectivity index (χ0) is 12.9. The van der Waals surface area contributed by atoms with Gasteiger partial charge in [0.2, 0.25) is 0 Å². The third-order valence-electron chi connectivity index (χ3n) is 3.83. The van der Waals surface area contributed by atoms with Crippen LogP contribution < -0.4 is 5.32 Å². The molecule has 1 saturated carbocycles. The van der Waals surface area contributed by atoms with Gasteiger partial charge >= 0.3 is 0 Å². The number of nitrogens with one attached hydrogen (secondary N) is 1. The lowest BCUT2D eigenvalue weighted by Crippen LogP contribution is -2.49. The van der Waals surface area contributed by atoms with Crippen molar-refractivity contribution < 1.29 is 14.6 Å². The molecule has 0 aromatic heterocycles. The molecule has 102 valence electrons. The summed E-state index contributed by atoms with van der Waals surface area (Å²) in [5.41, 5.74) is -0.549. The van der Waals surface area contributed by atoms with Crippen molar-refractivity contribution in [1.82, 2.24) is 5.32 Å². The standard InChI is InChI=1S/C13H27NO3/c1-10-5-7-13(15,8-6-10)9-14-11(2)12(16-3)17-4/h10-12,14-15H,5-9H2,1-4H3. The predicted molar refractivity (Wildman–Crippen MR) is 67.9 cm³/mol. The van der Waals surface area contributed by atoms with Crippen LogP contribution in [-0.4, -0.2) is 43.8 Å². The van der Waals surface area contributed by atoms with Crippen molar-refractivity contribution in [3.05, 3.63) is 0 Å². The summed E-state index contributed by atoms with van der Waals surface area (Å²) in [6.45, 7) is 4.87. The first kappa shape index (κ1) is 14.9. The summed E-state index contributed by atoms with van der Waals surface area (Å²) in [5.74, 6) is 0.749. The van der Waals surface area contributed by atoms with Gasteiger partial charge in [0, 0.05) is 20.8 Å². The molecule has 1 rings (SSSR count). The van der Waals surface area contributed by atoms with Gasteiger partial charge in [-0.15, -0.1) is 0 Å². The average Bonchev–Trinajstić information content (AvgIpc) is 2.33. The van der Waals surface area contributed by atoms with Crippen molar-refractivity contribution in [3.63, 3.8) is 0 Å². The van der Waals surface area contributed by atoms with Gasteiger partial charge in [-0.25, -0.2) is 0 Å². The molecule has 0 heterocycles. The molecule has 1 unspecified atom stereocenters. The van der Waals surface area contributed by atoms with Crippen LogP contribution in [0.15, 0.2) is 0 Å². The van der Waals surface area contributed by atoms with Crippen molar-refractivity contribution >= 4 is 0 Å². The van der Waals surface area contributed by atoms with Crippen LogP contribution >= 0.6 is 0 Å². The van der Waals surface area contributed by atoms with E-state index in [4.69, 9.17) is 9.47 Å². The third-order valence-corrected chi connectivity index (χ3v) is 3.83. The van der Waals surface area contributed by atoms with Crippen LogP contribution in [0.1, 0.15) is 39.5 Å². The molecule has 0 aromatic rings. The van der Waals surface area contributed by atoms with E-state index in [9.17, 15) is 5.11 Å². The topological polar surface area (TPSA) is 50.7 Å².